The summed E-state index contributed by atoms with van der Waals surface area (Å²) >= 11 is 1.42. The van der Waals surface area contributed by atoms with Gasteiger partial charge in [0.25, 0.3) is 0 Å². The molecule has 0 unspecified atom stereocenters. The van der Waals surface area contributed by atoms with Crippen LogP contribution in [0.1, 0.15) is 10.4 Å². The zero-order chi connectivity index (χ0) is 9.10. The van der Waals surface area contributed by atoms with Crippen molar-refractivity contribution in [2.24, 2.45) is 0 Å². The Morgan fingerprint density at radius 1 is 1.15 bits per heavy atom. The maximum Gasteiger partial charge on any atom is 0.150 e. The highest BCUT2D eigenvalue weighted by molar-refractivity contribution is 7.03. The van der Waals surface area contributed by atoms with E-state index in [0.717, 1.165) is 17.5 Å². The first kappa shape index (κ1) is 8.13. The molecule has 3 heteroatoms. The van der Waals surface area contributed by atoms with E-state index < -0.39 is 0 Å². The van der Waals surface area contributed by atoms with Gasteiger partial charge in [-0.15, -0.1) is 0 Å². The zero-order valence-electron chi connectivity index (χ0n) is 6.81. The Balaban J connectivity index is 2.38. The summed E-state index contributed by atoms with van der Waals surface area (Å²) in [4.78, 5) is 10.4. The summed E-state index contributed by atoms with van der Waals surface area (Å²) in [6.45, 7) is 0. The number of hydrogen-bond donors (Lipinski definition) is 0. The average molecular weight is 189 g/mol. The highest BCUT2D eigenvalue weighted by Gasteiger charge is 1.98. The van der Waals surface area contributed by atoms with Gasteiger partial charge in [0.1, 0.15) is 6.29 Å². The Morgan fingerprint density at radius 3 is 2.46 bits per heavy atom. The number of carbonyl (C=O) groups excluding carboxylic acids is 1. The molecule has 2 nitrogen and oxygen atoms in total. The molecule has 0 fully saturated rings. The second-order valence-corrected chi connectivity index (χ2v) is 3.29. The molecule has 2 aromatic rings. The summed E-state index contributed by atoms with van der Waals surface area (Å²) in [5.74, 6) is 0. The average Bonchev–Trinajstić information content (AvgIpc) is 2.71. The van der Waals surface area contributed by atoms with Gasteiger partial charge in [0.2, 0.25) is 0 Å². The van der Waals surface area contributed by atoms with Gasteiger partial charge in [-0.2, -0.15) is 4.37 Å². The summed E-state index contributed by atoms with van der Waals surface area (Å²) in [5.41, 5.74) is 2.70. The molecule has 0 bridgehead atoms. The van der Waals surface area contributed by atoms with E-state index in [2.05, 4.69) is 4.37 Å². The van der Waals surface area contributed by atoms with Gasteiger partial charge < -0.3 is 0 Å². The lowest BCUT2D eigenvalue weighted by molar-refractivity contribution is 0.112. The summed E-state index contributed by atoms with van der Waals surface area (Å²) in [6, 6.07) is 9.35. The summed E-state index contributed by atoms with van der Waals surface area (Å²) < 4.78 is 4.20. The molecule has 2 rings (SSSR count). The zero-order valence-corrected chi connectivity index (χ0v) is 7.62. The third-order valence-electron chi connectivity index (χ3n) is 1.78. The lowest BCUT2D eigenvalue weighted by Crippen LogP contribution is -1.80. The van der Waals surface area contributed by atoms with Gasteiger partial charge in [-0.05, 0) is 17.6 Å². The lowest BCUT2D eigenvalue weighted by atomic mass is 10.1. The smallest absolute Gasteiger partial charge is 0.150 e. The molecule has 0 radical (unpaired) electrons. The Labute approximate surface area is 80.0 Å². The second-order valence-electron chi connectivity index (χ2n) is 2.62. The van der Waals surface area contributed by atoms with Gasteiger partial charge in [0.05, 0.1) is 5.69 Å². The van der Waals surface area contributed by atoms with Crippen molar-refractivity contribution in [3.63, 3.8) is 0 Å². The van der Waals surface area contributed by atoms with Gasteiger partial charge >= 0.3 is 0 Å². The van der Waals surface area contributed by atoms with Gasteiger partial charge in [0.15, 0.2) is 0 Å². The minimum atomic E-state index is 0.693. The topological polar surface area (TPSA) is 30.0 Å². The number of rotatable bonds is 2. The SMILES string of the molecule is O=Cc1ccc(-c2ccsn2)cc1. The van der Waals surface area contributed by atoms with Gasteiger partial charge in [0, 0.05) is 16.5 Å². The lowest BCUT2D eigenvalue weighted by Gasteiger charge is -1.95. The predicted octanol–water partition coefficient (Wildman–Crippen LogP) is 2.62. The van der Waals surface area contributed by atoms with E-state index in [1.165, 1.54) is 11.5 Å². The van der Waals surface area contributed by atoms with Crippen molar-refractivity contribution in [1.82, 2.24) is 4.37 Å². The van der Waals surface area contributed by atoms with E-state index in [0.29, 0.717) is 5.56 Å². The first-order valence-electron chi connectivity index (χ1n) is 3.86. The number of aldehydes is 1. The minimum Gasteiger partial charge on any atom is -0.298 e. The normalized spacial score (nSPS) is 9.85. The van der Waals surface area contributed by atoms with Crippen molar-refractivity contribution in [2.75, 3.05) is 0 Å². The van der Waals surface area contributed by atoms with E-state index >= 15 is 0 Å². The quantitative estimate of drug-likeness (QED) is 0.680. The Bertz CT molecular complexity index is 391. The first-order valence-corrected chi connectivity index (χ1v) is 4.70. The monoisotopic (exact) mass is 189 g/mol. The number of nitrogens with zero attached hydrogens (tertiary/aromatic N) is 1. The minimum absolute atomic E-state index is 0.693. The van der Waals surface area contributed by atoms with E-state index in [-0.39, 0.29) is 0 Å². The molecule has 1 aromatic heterocycles. The maximum absolute atomic E-state index is 10.4. The van der Waals surface area contributed by atoms with Crippen molar-refractivity contribution in [3.8, 4) is 11.3 Å². The van der Waals surface area contributed by atoms with Crippen molar-refractivity contribution in [3.05, 3.63) is 41.3 Å². The molecule has 0 N–H and O–H groups in total. The third-order valence-corrected chi connectivity index (χ3v) is 2.34. The predicted molar refractivity (Wildman–Crippen MR) is 52.9 cm³/mol. The highest BCUT2D eigenvalue weighted by Crippen LogP contribution is 2.18. The summed E-state index contributed by atoms with van der Waals surface area (Å²) in [7, 11) is 0. The van der Waals surface area contributed by atoms with Crippen LogP contribution in [0.25, 0.3) is 11.3 Å². The first-order chi connectivity index (χ1) is 6.40. The number of benzene rings is 1. The molecule has 0 atom stereocenters. The van der Waals surface area contributed by atoms with Crippen LogP contribution in [-0.2, 0) is 0 Å². The fraction of sp³-hybridized carbons (Fsp3) is 0. The molecule has 0 aliphatic carbocycles. The van der Waals surface area contributed by atoms with Gasteiger partial charge in [-0.3, -0.25) is 4.79 Å². The molecule has 0 spiro atoms. The van der Waals surface area contributed by atoms with Crippen LogP contribution in [0.3, 0.4) is 0 Å². The van der Waals surface area contributed by atoms with Crippen LogP contribution in [0.4, 0.5) is 0 Å². The molecule has 0 aliphatic heterocycles. The summed E-state index contributed by atoms with van der Waals surface area (Å²) in [5, 5.41) is 1.93. The van der Waals surface area contributed by atoms with Crippen molar-refractivity contribution in [1.29, 1.82) is 0 Å². The molecule has 0 amide bonds. The highest BCUT2D eigenvalue weighted by atomic mass is 32.1. The van der Waals surface area contributed by atoms with Gasteiger partial charge in [-0.1, -0.05) is 24.3 Å². The fourth-order valence-electron chi connectivity index (χ4n) is 1.09. The molecule has 0 saturated heterocycles. The fourth-order valence-corrected chi connectivity index (χ4v) is 1.62. The van der Waals surface area contributed by atoms with Crippen LogP contribution in [-0.4, -0.2) is 10.7 Å². The van der Waals surface area contributed by atoms with E-state index in [1.807, 2.05) is 23.6 Å². The molecule has 1 heterocycles. The third kappa shape index (κ3) is 1.65. The van der Waals surface area contributed by atoms with Crippen molar-refractivity contribution >= 4 is 17.8 Å². The van der Waals surface area contributed by atoms with Crippen LogP contribution < -0.4 is 0 Å². The molecule has 0 saturated carbocycles. The standard InChI is InChI=1S/C10H7NOS/c12-7-8-1-3-9(4-2-8)10-5-6-13-11-10/h1-7H. The molecule has 13 heavy (non-hydrogen) atoms. The second kappa shape index (κ2) is 3.49. The number of hydrogen-bond acceptors (Lipinski definition) is 3. The van der Waals surface area contributed by atoms with Crippen LogP contribution >= 0.6 is 11.5 Å². The van der Waals surface area contributed by atoms with Crippen LogP contribution in [0.15, 0.2) is 35.7 Å². The van der Waals surface area contributed by atoms with Gasteiger partial charge in [-0.25, -0.2) is 0 Å². The molecular weight excluding hydrogens is 182 g/mol. The van der Waals surface area contributed by atoms with Crippen LogP contribution in [0.2, 0.25) is 0 Å². The molecular formula is C10H7NOS. The van der Waals surface area contributed by atoms with Crippen molar-refractivity contribution in [2.45, 2.75) is 0 Å². The molecule has 1 aromatic carbocycles. The van der Waals surface area contributed by atoms with Crippen molar-refractivity contribution < 1.29 is 4.79 Å². The van der Waals surface area contributed by atoms with E-state index in [1.54, 1.807) is 12.1 Å². The van der Waals surface area contributed by atoms with Crippen LogP contribution in [0.5, 0.6) is 0 Å². The number of carbonyl (C=O) groups is 1. The largest absolute Gasteiger partial charge is 0.298 e. The maximum atomic E-state index is 10.4. The van der Waals surface area contributed by atoms with Crippen LogP contribution in [0, 0.1) is 0 Å². The summed E-state index contributed by atoms with van der Waals surface area (Å²) in [6.07, 6.45) is 0.838. The van der Waals surface area contributed by atoms with E-state index in [9.17, 15) is 4.79 Å². The molecule has 64 valence electrons. The molecule has 0 aliphatic rings. The van der Waals surface area contributed by atoms with E-state index in [4.69, 9.17) is 0 Å². The Kier molecular flexibility index (Phi) is 2.19. The number of aromatic nitrogens is 1. The Morgan fingerprint density at radius 2 is 1.92 bits per heavy atom. The Hall–Kier alpha value is -1.48.